The summed E-state index contributed by atoms with van der Waals surface area (Å²) in [6.45, 7) is 5.08. The van der Waals surface area contributed by atoms with Crippen LogP contribution in [0.25, 0.3) is 0 Å². The molecule has 0 aliphatic carbocycles. The van der Waals surface area contributed by atoms with Crippen molar-refractivity contribution in [2.75, 3.05) is 13.1 Å². The predicted molar refractivity (Wildman–Crippen MR) is 74.7 cm³/mol. The Bertz CT molecular complexity index is 415. The van der Waals surface area contributed by atoms with Crippen LogP contribution in [0.1, 0.15) is 52.4 Å². The first-order valence-corrected chi connectivity index (χ1v) is 7.64. The first kappa shape index (κ1) is 15.0. The molecule has 2 rings (SSSR count). The average Bonchev–Trinajstić information content (AvgIpc) is 2.58. The van der Waals surface area contributed by atoms with Crippen LogP contribution in [0.4, 0.5) is 0 Å². The van der Waals surface area contributed by atoms with Gasteiger partial charge in [0.2, 0.25) is 17.7 Å². The maximum Gasteiger partial charge on any atom is 0.235 e. The third-order valence-corrected chi connectivity index (χ3v) is 4.94. The molecule has 0 aromatic heterocycles. The minimum Gasteiger partial charge on any atom is -0.356 e. The minimum atomic E-state index is -0.476. The van der Waals surface area contributed by atoms with E-state index in [9.17, 15) is 14.4 Å². The van der Waals surface area contributed by atoms with E-state index in [0.717, 1.165) is 25.7 Å². The van der Waals surface area contributed by atoms with Crippen LogP contribution in [0.5, 0.6) is 0 Å². The van der Waals surface area contributed by atoms with Crippen LogP contribution in [0.2, 0.25) is 0 Å². The summed E-state index contributed by atoms with van der Waals surface area (Å²) < 4.78 is 0. The average molecular weight is 280 g/mol. The Labute approximate surface area is 120 Å². The van der Waals surface area contributed by atoms with Crippen molar-refractivity contribution in [2.45, 2.75) is 52.4 Å². The Morgan fingerprint density at radius 1 is 1.20 bits per heavy atom. The van der Waals surface area contributed by atoms with Crippen molar-refractivity contribution in [1.29, 1.82) is 0 Å². The molecule has 1 unspecified atom stereocenters. The van der Waals surface area contributed by atoms with Gasteiger partial charge in [0, 0.05) is 25.9 Å². The standard InChI is InChI=1S/C15H24N2O3/c1-3-15(4-2)9-13(19)17(14(15)20)10-11-5-6-12(18)16-8-7-11/h11H,3-10H2,1-2H3,(H,16,18). The monoisotopic (exact) mass is 280 g/mol. The summed E-state index contributed by atoms with van der Waals surface area (Å²) in [5, 5.41) is 2.83. The van der Waals surface area contributed by atoms with Gasteiger partial charge in [-0.25, -0.2) is 0 Å². The van der Waals surface area contributed by atoms with Gasteiger partial charge in [-0.1, -0.05) is 13.8 Å². The molecule has 2 aliphatic rings. The molecule has 5 nitrogen and oxygen atoms in total. The van der Waals surface area contributed by atoms with Gasteiger partial charge in [-0.05, 0) is 31.6 Å². The lowest BCUT2D eigenvalue weighted by Gasteiger charge is -2.25. The molecule has 2 saturated heterocycles. The molecule has 2 heterocycles. The summed E-state index contributed by atoms with van der Waals surface area (Å²) in [6, 6.07) is 0. The van der Waals surface area contributed by atoms with Crippen LogP contribution in [0.15, 0.2) is 0 Å². The third-order valence-electron chi connectivity index (χ3n) is 4.94. The van der Waals surface area contributed by atoms with Crippen LogP contribution < -0.4 is 5.32 Å². The second kappa shape index (κ2) is 5.94. The molecule has 0 spiro atoms. The molecule has 0 saturated carbocycles. The fourth-order valence-electron chi connectivity index (χ4n) is 3.27. The first-order valence-electron chi connectivity index (χ1n) is 7.64. The lowest BCUT2D eigenvalue weighted by atomic mass is 9.81. The van der Waals surface area contributed by atoms with E-state index in [2.05, 4.69) is 5.32 Å². The van der Waals surface area contributed by atoms with Gasteiger partial charge in [0.25, 0.3) is 0 Å². The summed E-state index contributed by atoms with van der Waals surface area (Å²) in [5.74, 6) is 0.271. The first-order chi connectivity index (χ1) is 9.52. The fraction of sp³-hybridized carbons (Fsp3) is 0.800. The molecular formula is C15H24N2O3. The number of hydrogen-bond acceptors (Lipinski definition) is 3. The van der Waals surface area contributed by atoms with Crippen LogP contribution in [-0.2, 0) is 14.4 Å². The zero-order valence-electron chi connectivity index (χ0n) is 12.4. The van der Waals surface area contributed by atoms with E-state index in [1.807, 2.05) is 13.8 Å². The van der Waals surface area contributed by atoms with Crippen LogP contribution >= 0.6 is 0 Å². The van der Waals surface area contributed by atoms with E-state index in [1.54, 1.807) is 0 Å². The lowest BCUT2D eigenvalue weighted by Crippen LogP contribution is -2.38. The Hall–Kier alpha value is -1.39. The minimum absolute atomic E-state index is 0.00367. The van der Waals surface area contributed by atoms with E-state index in [4.69, 9.17) is 0 Å². The van der Waals surface area contributed by atoms with Crippen molar-refractivity contribution in [3.05, 3.63) is 0 Å². The molecule has 1 N–H and O–H groups in total. The Kier molecular flexibility index (Phi) is 4.45. The fourth-order valence-corrected chi connectivity index (χ4v) is 3.27. The third kappa shape index (κ3) is 2.72. The predicted octanol–water partition coefficient (Wildman–Crippen LogP) is 1.47. The second-order valence-electron chi connectivity index (χ2n) is 6.02. The summed E-state index contributed by atoms with van der Waals surface area (Å²) in [7, 11) is 0. The van der Waals surface area contributed by atoms with Crippen molar-refractivity contribution in [3.63, 3.8) is 0 Å². The highest BCUT2D eigenvalue weighted by Crippen LogP contribution is 2.39. The van der Waals surface area contributed by atoms with Gasteiger partial charge in [0.1, 0.15) is 0 Å². The summed E-state index contributed by atoms with van der Waals surface area (Å²) >= 11 is 0. The highest BCUT2D eigenvalue weighted by atomic mass is 16.2. The highest BCUT2D eigenvalue weighted by molar-refractivity contribution is 6.05. The molecule has 2 fully saturated rings. The molecule has 0 radical (unpaired) electrons. The van der Waals surface area contributed by atoms with E-state index in [-0.39, 0.29) is 23.6 Å². The lowest BCUT2D eigenvalue weighted by molar-refractivity contribution is -0.142. The molecule has 112 valence electrons. The molecular weight excluding hydrogens is 256 g/mol. The number of carbonyl (C=O) groups excluding carboxylic acids is 3. The molecule has 0 aromatic rings. The van der Waals surface area contributed by atoms with E-state index in [1.165, 1.54) is 4.90 Å². The number of amides is 3. The number of nitrogens with one attached hydrogen (secondary N) is 1. The Balaban J connectivity index is 2.04. The zero-order chi connectivity index (χ0) is 14.8. The molecule has 2 aliphatic heterocycles. The normalized spacial score (nSPS) is 26.6. The van der Waals surface area contributed by atoms with Crippen molar-refractivity contribution < 1.29 is 14.4 Å². The zero-order valence-corrected chi connectivity index (χ0v) is 12.4. The van der Waals surface area contributed by atoms with Crippen LogP contribution in [0, 0.1) is 11.3 Å². The molecule has 0 aromatic carbocycles. The molecule has 20 heavy (non-hydrogen) atoms. The topological polar surface area (TPSA) is 66.5 Å². The number of likely N-dealkylation sites (tertiary alicyclic amines) is 1. The molecule has 5 heteroatoms. The number of imide groups is 1. The SMILES string of the molecule is CCC1(CC)CC(=O)N(CC2CCNC(=O)CC2)C1=O. The largest absolute Gasteiger partial charge is 0.356 e. The van der Waals surface area contributed by atoms with Crippen molar-refractivity contribution in [3.8, 4) is 0 Å². The number of hydrogen-bond donors (Lipinski definition) is 1. The number of nitrogens with zero attached hydrogens (tertiary/aromatic N) is 1. The van der Waals surface area contributed by atoms with Gasteiger partial charge in [-0.15, -0.1) is 0 Å². The van der Waals surface area contributed by atoms with E-state index in [0.29, 0.717) is 25.9 Å². The van der Waals surface area contributed by atoms with Crippen LogP contribution in [0.3, 0.4) is 0 Å². The van der Waals surface area contributed by atoms with Crippen LogP contribution in [-0.4, -0.2) is 35.7 Å². The van der Waals surface area contributed by atoms with Gasteiger partial charge in [-0.2, -0.15) is 0 Å². The maximum absolute atomic E-state index is 12.5. The Morgan fingerprint density at radius 2 is 1.90 bits per heavy atom. The van der Waals surface area contributed by atoms with Crippen molar-refractivity contribution in [1.82, 2.24) is 10.2 Å². The van der Waals surface area contributed by atoms with Crippen molar-refractivity contribution in [2.24, 2.45) is 11.3 Å². The smallest absolute Gasteiger partial charge is 0.235 e. The number of rotatable bonds is 4. The summed E-state index contributed by atoms with van der Waals surface area (Å²) in [5.41, 5.74) is -0.476. The van der Waals surface area contributed by atoms with Gasteiger partial charge in [0.15, 0.2) is 0 Å². The van der Waals surface area contributed by atoms with Gasteiger partial charge in [-0.3, -0.25) is 19.3 Å². The van der Waals surface area contributed by atoms with E-state index < -0.39 is 5.41 Å². The van der Waals surface area contributed by atoms with Gasteiger partial charge >= 0.3 is 0 Å². The van der Waals surface area contributed by atoms with Gasteiger partial charge < -0.3 is 5.32 Å². The van der Waals surface area contributed by atoms with E-state index >= 15 is 0 Å². The van der Waals surface area contributed by atoms with Gasteiger partial charge in [0.05, 0.1) is 5.41 Å². The summed E-state index contributed by atoms with van der Waals surface area (Å²) in [4.78, 5) is 37.5. The maximum atomic E-state index is 12.5. The molecule has 1 atom stereocenters. The molecule has 0 bridgehead atoms. The number of carbonyl (C=O) groups is 3. The molecule has 3 amide bonds. The quantitative estimate of drug-likeness (QED) is 0.793. The Morgan fingerprint density at radius 3 is 2.50 bits per heavy atom. The van der Waals surface area contributed by atoms with Crippen molar-refractivity contribution >= 4 is 17.7 Å². The summed E-state index contributed by atoms with van der Waals surface area (Å²) in [6.07, 6.45) is 3.88. The second-order valence-corrected chi connectivity index (χ2v) is 6.02. The highest BCUT2D eigenvalue weighted by Gasteiger charge is 2.49.